The van der Waals surface area contributed by atoms with Crippen molar-refractivity contribution in [1.82, 2.24) is 10.6 Å². The molecule has 4 heteroatoms. The summed E-state index contributed by atoms with van der Waals surface area (Å²) in [6, 6.07) is 0. The number of rotatable bonds is 5. The molecule has 0 unspecified atom stereocenters. The second-order valence-electron chi connectivity index (χ2n) is 12.0. The minimum atomic E-state index is 0.0717. The summed E-state index contributed by atoms with van der Waals surface area (Å²) in [6.45, 7) is 0. The summed E-state index contributed by atoms with van der Waals surface area (Å²) in [5.41, 5.74) is 0.143. The molecule has 8 saturated carbocycles. The Bertz CT molecular complexity index is 556. The van der Waals surface area contributed by atoms with Gasteiger partial charge in [0.25, 0.3) is 0 Å². The molecule has 2 amide bonds. The first-order chi connectivity index (χ1) is 13.5. The van der Waals surface area contributed by atoms with Crippen molar-refractivity contribution in [2.45, 2.75) is 101 Å². The van der Waals surface area contributed by atoms with Crippen molar-refractivity contribution < 1.29 is 9.59 Å². The molecule has 4 nitrogen and oxygen atoms in total. The number of carbonyl (C=O) groups excluding carboxylic acids is 2. The van der Waals surface area contributed by atoms with E-state index in [2.05, 4.69) is 10.6 Å². The lowest BCUT2D eigenvalue weighted by Crippen LogP contribution is -2.60. The van der Waals surface area contributed by atoms with Gasteiger partial charge in [0.1, 0.15) is 0 Å². The Hall–Kier alpha value is -1.06. The predicted octanol–water partition coefficient (Wildman–Crippen LogP) is 3.94. The molecule has 0 aromatic carbocycles. The number of carbonyl (C=O) groups is 2. The molecule has 8 aliphatic rings. The summed E-state index contributed by atoms with van der Waals surface area (Å²) in [6.07, 6.45) is 16.2. The maximum atomic E-state index is 12.7. The molecule has 28 heavy (non-hydrogen) atoms. The molecule has 0 radical (unpaired) electrons. The first-order valence-electron chi connectivity index (χ1n) is 12.1. The first-order valence-corrected chi connectivity index (χ1v) is 12.1. The molecule has 0 heterocycles. The predicted molar refractivity (Wildman–Crippen MR) is 107 cm³/mol. The van der Waals surface area contributed by atoms with Gasteiger partial charge in [-0.3, -0.25) is 9.59 Å². The van der Waals surface area contributed by atoms with E-state index in [0.717, 1.165) is 35.5 Å². The van der Waals surface area contributed by atoms with Gasteiger partial charge in [-0.15, -0.1) is 0 Å². The van der Waals surface area contributed by atoms with Crippen LogP contribution in [0.25, 0.3) is 0 Å². The van der Waals surface area contributed by atoms with E-state index in [1.54, 1.807) is 0 Å². The third kappa shape index (κ3) is 3.10. The Morgan fingerprint density at radius 2 is 0.786 bits per heavy atom. The molecular weight excluding hydrogens is 348 g/mol. The van der Waals surface area contributed by atoms with Crippen molar-refractivity contribution in [2.24, 2.45) is 35.5 Å². The zero-order chi connectivity index (χ0) is 18.9. The molecule has 154 valence electrons. The van der Waals surface area contributed by atoms with Crippen molar-refractivity contribution in [2.75, 3.05) is 0 Å². The average molecular weight is 385 g/mol. The van der Waals surface area contributed by atoms with Gasteiger partial charge < -0.3 is 10.6 Å². The van der Waals surface area contributed by atoms with Crippen LogP contribution in [0.5, 0.6) is 0 Å². The third-order valence-electron chi connectivity index (χ3n) is 9.46. The summed E-state index contributed by atoms with van der Waals surface area (Å²) in [5.74, 6) is 5.26. The fourth-order valence-corrected chi connectivity index (χ4v) is 9.47. The molecule has 0 aliphatic heterocycles. The van der Waals surface area contributed by atoms with Crippen molar-refractivity contribution >= 4 is 11.8 Å². The lowest BCUT2D eigenvalue weighted by molar-refractivity contribution is -0.132. The Labute approximate surface area is 169 Å². The van der Waals surface area contributed by atoms with Crippen LogP contribution in [-0.4, -0.2) is 22.9 Å². The Morgan fingerprint density at radius 1 is 0.536 bits per heavy atom. The van der Waals surface area contributed by atoms with Crippen LogP contribution in [0, 0.1) is 35.5 Å². The summed E-state index contributed by atoms with van der Waals surface area (Å²) in [5, 5.41) is 6.84. The van der Waals surface area contributed by atoms with Crippen LogP contribution in [-0.2, 0) is 9.59 Å². The topological polar surface area (TPSA) is 58.2 Å². The molecule has 0 aromatic rings. The van der Waals surface area contributed by atoms with Gasteiger partial charge in [0, 0.05) is 23.9 Å². The number of hydrogen-bond acceptors (Lipinski definition) is 2. The van der Waals surface area contributed by atoms with Gasteiger partial charge in [0.2, 0.25) is 11.8 Å². The van der Waals surface area contributed by atoms with Crippen LogP contribution in [0.15, 0.2) is 0 Å². The molecule has 8 fully saturated rings. The summed E-state index contributed by atoms with van der Waals surface area (Å²) >= 11 is 0. The highest BCUT2D eigenvalue weighted by Gasteiger charge is 2.52. The standard InChI is InChI=1S/C24H36N2O2/c27-21(25-23-9-15-3-16(10-23)5-17(4-15)11-23)1-2-22(28)26-24-12-18-6-19(13-24)8-20(7-18)14-24/h15-20H,1-14H2,(H,25,27)(H,26,28). The highest BCUT2D eigenvalue weighted by atomic mass is 16.2. The van der Waals surface area contributed by atoms with E-state index in [0.29, 0.717) is 12.8 Å². The van der Waals surface area contributed by atoms with Crippen molar-refractivity contribution in [3.63, 3.8) is 0 Å². The van der Waals surface area contributed by atoms with E-state index in [1.165, 1.54) is 77.0 Å². The molecule has 0 aromatic heterocycles. The molecule has 0 saturated heterocycles. The smallest absolute Gasteiger partial charge is 0.220 e. The lowest BCUT2D eigenvalue weighted by atomic mass is 9.53. The monoisotopic (exact) mass is 384 g/mol. The number of hydrogen-bond donors (Lipinski definition) is 2. The quantitative estimate of drug-likeness (QED) is 0.754. The van der Waals surface area contributed by atoms with Gasteiger partial charge in [0.15, 0.2) is 0 Å². The Morgan fingerprint density at radius 3 is 1.04 bits per heavy atom. The second-order valence-corrected chi connectivity index (χ2v) is 12.0. The Kier molecular flexibility index (Phi) is 3.95. The molecular formula is C24H36N2O2. The lowest BCUT2D eigenvalue weighted by Gasteiger charge is -2.57. The average Bonchev–Trinajstić information content (AvgIpc) is 2.56. The number of amides is 2. The number of nitrogens with one attached hydrogen (secondary N) is 2. The maximum Gasteiger partial charge on any atom is 0.220 e. The van der Waals surface area contributed by atoms with Gasteiger partial charge in [0.05, 0.1) is 0 Å². The summed E-state index contributed by atoms with van der Waals surface area (Å²) < 4.78 is 0. The van der Waals surface area contributed by atoms with Crippen LogP contribution in [0.2, 0.25) is 0 Å². The SMILES string of the molecule is O=C(CCC(=O)NC12CC3CC(CC(C3)C1)C2)NC12CC3CC(CC(C3)C1)C2. The molecule has 8 rings (SSSR count). The summed E-state index contributed by atoms with van der Waals surface area (Å²) in [4.78, 5) is 25.4. The largest absolute Gasteiger partial charge is 0.351 e. The maximum absolute atomic E-state index is 12.7. The molecule has 0 atom stereocenters. The summed E-state index contributed by atoms with van der Waals surface area (Å²) in [7, 11) is 0. The van der Waals surface area contributed by atoms with Crippen molar-refractivity contribution in [3.8, 4) is 0 Å². The van der Waals surface area contributed by atoms with E-state index < -0.39 is 0 Å². The van der Waals surface area contributed by atoms with E-state index in [4.69, 9.17) is 0 Å². The molecule has 0 spiro atoms. The van der Waals surface area contributed by atoms with Gasteiger partial charge >= 0.3 is 0 Å². The van der Waals surface area contributed by atoms with E-state index in [9.17, 15) is 9.59 Å². The van der Waals surface area contributed by atoms with Crippen LogP contribution in [0.1, 0.15) is 89.9 Å². The highest BCUT2D eigenvalue weighted by molar-refractivity contribution is 5.84. The molecule has 2 N–H and O–H groups in total. The second kappa shape index (κ2) is 6.22. The van der Waals surface area contributed by atoms with Crippen LogP contribution in [0.3, 0.4) is 0 Å². The van der Waals surface area contributed by atoms with Crippen molar-refractivity contribution in [3.05, 3.63) is 0 Å². The van der Waals surface area contributed by atoms with Gasteiger partial charge in [-0.05, 0) is 113 Å². The fourth-order valence-electron chi connectivity index (χ4n) is 9.47. The van der Waals surface area contributed by atoms with Gasteiger partial charge in [-0.25, -0.2) is 0 Å². The fraction of sp³-hybridized carbons (Fsp3) is 0.917. The van der Waals surface area contributed by atoms with Gasteiger partial charge in [-0.1, -0.05) is 0 Å². The van der Waals surface area contributed by atoms with E-state index in [1.807, 2.05) is 0 Å². The minimum Gasteiger partial charge on any atom is -0.351 e. The zero-order valence-corrected chi connectivity index (χ0v) is 17.2. The molecule has 8 aliphatic carbocycles. The van der Waals surface area contributed by atoms with Crippen LogP contribution >= 0.6 is 0 Å². The normalized spacial score (nSPS) is 50.0. The zero-order valence-electron chi connectivity index (χ0n) is 17.2. The molecule has 8 bridgehead atoms. The van der Waals surface area contributed by atoms with Crippen LogP contribution in [0.4, 0.5) is 0 Å². The van der Waals surface area contributed by atoms with Gasteiger partial charge in [-0.2, -0.15) is 0 Å². The Balaban J connectivity index is 1.02. The minimum absolute atomic E-state index is 0.0717. The third-order valence-corrected chi connectivity index (χ3v) is 9.46. The van der Waals surface area contributed by atoms with Crippen molar-refractivity contribution in [1.29, 1.82) is 0 Å². The highest BCUT2D eigenvalue weighted by Crippen LogP contribution is 2.56. The van der Waals surface area contributed by atoms with E-state index >= 15 is 0 Å². The van der Waals surface area contributed by atoms with Crippen LogP contribution < -0.4 is 10.6 Å². The van der Waals surface area contributed by atoms with E-state index in [-0.39, 0.29) is 22.9 Å². The first kappa shape index (κ1) is 17.8.